The van der Waals surface area contributed by atoms with E-state index in [0.717, 1.165) is 11.3 Å². The highest BCUT2D eigenvalue weighted by atomic mass is 15.1. The van der Waals surface area contributed by atoms with Gasteiger partial charge in [0.25, 0.3) is 0 Å². The normalized spacial score (nSPS) is 19.3. The van der Waals surface area contributed by atoms with Gasteiger partial charge in [-0.1, -0.05) is 18.2 Å². The number of hydrogen-bond donors (Lipinski definition) is 1. The molecular formula is C12H11N3. The number of fused-ring (bicyclic) bond motifs is 1. The van der Waals surface area contributed by atoms with Crippen molar-refractivity contribution in [1.29, 1.82) is 0 Å². The molecule has 0 amide bonds. The molecule has 0 spiro atoms. The van der Waals surface area contributed by atoms with Gasteiger partial charge in [0.05, 0.1) is 11.7 Å². The fourth-order valence-electron chi connectivity index (χ4n) is 1.80. The van der Waals surface area contributed by atoms with Crippen LogP contribution in [0.5, 0.6) is 0 Å². The van der Waals surface area contributed by atoms with Gasteiger partial charge in [-0.2, -0.15) is 0 Å². The van der Waals surface area contributed by atoms with Crippen molar-refractivity contribution in [2.75, 3.05) is 0 Å². The zero-order valence-corrected chi connectivity index (χ0v) is 8.17. The monoisotopic (exact) mass is 197 g/mol. The fraction of sp³-hybridized carbons (Fsp3) is 0.0833. The molecule has 1 N–H and O–H groups in total. The third-order valence-electron chi connectivity index (χ3n) is 2.53. The van der Waals surface area contributed by atoms with E-state index in [2.05, 4.69) is 26.8 Å². The Labute approximate surface area is 87.8 Å². The molecule has 0 bridgehead atoms. The molecule has 1 aliphatic heterocycles. The number of aromatic nitrogens is 2. The lowest BCUT2D eigenvalue weighted by Gasteiger charge is -2.14. The van der Waals surface area contributed by atoms with Crippen LogP contribution in [0.4, 0.5) is 0 Å². The summed E-state index contributed by atoms with van der Waals surface area (Å²) in [7, 11) is 0. The van der Waals surface area contributed by atoms with Crippen molar-refractivity contribution in [1.82, 2.24) is 14.7 Å². The molecule has 3 heterocycles. The van der Waals surface area contributed by atoms with E-state index in [1.54, 1.807) is 0 Å². The quantitative estimate of drug-likeness (QED) is 0.758. The molecule has 2 aromatic rings. The molecule has 3 heteroatoms. The molecule has 1 unspecified atom stereocenters. The molecule has 74 valence electrons. The Morgan fingerprint density at radius 1 is 1.27 bits per heavy atom. The maximum absolute atomic E-state index is 4.43. The minimum absolute atomic E-state index is 0.167. The summed E-state index contributed by atoms with van der Waals surface area (Å²) in [5.74, 6) is 1.02. The number of pyridine rings is 1. The van der Waals surface area contributed by atoms with Gasteiger partial charge in [-0.25, -0.2) is 4.98 Å². The number of dihydropyridines is 1. The molecule has 1 atom stereocenters. The second kappa shape index (κ2) is 3.28. The van der Waals surface area contributed by atoms with Crippen molar-refractivity contribution >= 4 is 5.52 Å². The lowest BCUT2D eigenvalue weighted by Crippen LogP contribution is -2.17. The maximum atomic E-state index is 4.43. The Bertz CT molecular complexity index is 537. The minimum atomic E-state index is 0.167. The van der Waals surface area contributed by atoms with E-state index < -0.39 is 0 Å². The van der Waals surface area contributed by atoms with Gasteiger partial charge in [-0.05, 0) is 24.4 Å². The van der Waals surface area contributed by atoms with Gasteiger partial charge in [0, 0.05) is 6.20 Å². The number of nitrogens with zero attached hydrogens (tertiary/aromatic N) is 2. The topological polar surface area (TPSA) is 29.3 Å². The standard InChI is InChI=1S/C12H11N3/c1-3-7-13-11(6-1)12-14-9-10-5-2-4-8-15(10)12/h1-9,11,13H. The minimum Gasteiger partial charge on any atom is -0.378 e. The number of rotatable bonds is 1. The van der Waals surface area contributed by atoms with Crippen LogP contribution in [0.15, 0.2) is 55.0 Å². The number of nitrogens with one attached hydrogen (secondary N) is 1. The van der Waals surface area contributed by atoms with Crippen LogP contribution >= 0.6 is 0 Å². The van der Waals surface area contributed by atoms with Crippen LogP contribution in [0.2, 0.25) is 0 Å². The molecular weight excluding hydrogens is 186 g/mol. The molecule has 3 rings (SSSR count). The third-order valence-corrected chi connectivity index (χ3v) is 2.53. The first-order valence-corrected chi connectivity index (χ1v) is 4.96. The lowest BCUT2D eigenvalue weighted by molar-refractivity contribution is 0.688. The molecule has 0 saturated heterocycles. The highest BCUT2D eigenvalue weighted by Gasteiger charge is 2.12. The number of imidazole rings is 1. The molecule has 0 saturated carbocycles. The largest absolute Gasteiger partial charge is 0.378 e. The molecule has 2 aromatic heterocycles. The summed E-state index contributed by atoms with van der Waals surface area (Å²) in [6, 6.07) is 6.25. The third kappa shape index (κ3) is 1.32. The van der Waals surface area contributed by atoms with E-state index in [4.69, 9.17) is 0 Å². The SMILES string of the molecule is C1=CNC(c2ncc3ccccn23)C=C1. The van der Waals surface area contributed by atoms with Gasteiger partial charge < -0.3 is 9.72 Å². The van der Waals surface area contributed by atoms with Crippen molar-refractivity contribution in [3.63, 3.8) is 0 Å². The van der Waals surface area contributed by atoms with Crippen molar-refractivity contribution in [3.05, 3.63) is 60.8 Å². The smallest absolute Gasteiger partial charge is 0.139 e. The second-order valence-corrected chi connectivity index (χ2v) is 3.50. The summed E-state index contributed by atoms with van der Waals surface area (Å²) in [6.45, 7) is 0. The summed E-state index contributed by atoms with van der Waals surface area (Å²) >= 11 is 0. The van der Waals surface area contributed by atoms with Crippen molar-refractivity contribution < 1.29 is 0 Å². The average molecular weight is 197 g/mol. The van der Waals surface area contributed by atoms with Crippen molar-refractivity contribution in [3.8, 4) is 0 Å². The fourth-order valence-corrected chi connectivity index (χ4v) is 1.80. The predicted octanol–water partition coefficient (Wildman–Crippen LogP) is 2.05. The van der Waals surface area contributed by atoms with Gasteiger partial charge >= 0.3 is 0 Å². The Morgan fingerprint density at radius 3 is 3.13 bits per heavy atom. The van der Waals surface area contributed by atoms with Gasteiger partial charge in [0.1, 0.15) is 11.9 Å². The predicted molar refractivity (Wildman–Crippen MR) is 59.3 cm³/mol. The van der Waals surface area contributed by atoms with Gasteiger partial charge in [-0.15, -0.1) is 0 Å². The Kier molecular flexibility index (Phi) is 1.81. The van der Waals surface area contributed by atoms with Crippen LogP contribution in [0.3, 0.4) is 0 Å². The molecule has 1 aliphatic rings. The lowest BCUT2D eigenvalue weighted by atomic mass is 10.2. The van der Waals surface area contributed by atoms with E-state index in [1.807, 2.05) is 42.9 Å². The van der Waals surface area contributed by atoms with E-state index in [9.17, 15) is 0 Å². The first-order valence-electron chi connectivity index (χ1n) is 4.96. The molecule has 0 fully saturated rings. The Morgan fingerprint density at radius 2 is 2.27 bits per heavy atom. The molecule has 0 radical (unpaired) electrons. The summed E-state index contributed by atoms with van der Waals surface area (Å²) in [5, 5.41) is 3.26. The van der Waals surface area contributed by atoms with Crippen LogP contribution in [0.25, 0.3) is 5.52 Å². The van der Waals surface area contributed by atoms with Gasteiger partial charge in [0.2, 0.25) is 0 Å². The second-order valence-electron chi connectivity index (χ2n) is 3.50. The van der Waals surface area contributed by atoms with Crippen LogP contribution in [-0.4, -0.2) is 9.38 Å². The summed E-state index contributed by atoms with van der Waals surface area (Å²) in [6.07, 6.45) is 12.0. The Hall–Kier alpha value is -2.03. The molecule has 15 heavy (non-hydrogen) atoms. The molecule has 0 aromatic carbocycles. The first kappa shape index (κ1) is 8.29. The van der Waals surface area contributed by atoms with Crippen molar-refractivity contribution in [2.45, 2.75) is 6.04 Å². The van der Waals surface area contributed by atoms with Gasteiger partial charge in [-0.3, -0.25) is 0 Å². The average Bonchev–Trinajstić information content (AvgIpc) is 2.74. The van der Waals surface area contributed by atoms with Crippen LogP contribution < -0.4 is 5.32 Å². The zero-order valence-electron chi connectivity index (χ0n) is 8.17. The zero-order chi connectivity index (χ0) is 10.1. The summed E-state index contributed by atoms with van der Waals surface area (Å²) in [4.78, 5) is 4.43. The van der Waals surface area contributed by atoms with E-state index in [-0.39, 0.29) is 6.04 Å². The highest BCUT2D eigenvalue weighted by Crippen LogP contribution is 2.17. The molecule has 3 nitrogen and oxygen atoms in total. The van der Waals surface area contributed by atoms with Crippen molar-refractivity contribution in [2.24, 2.45) is 0 Å². The van der Waals surface area contributed by atoms with Crippen LogP contribution in [0, 0.1) is 0 Å². The Balaban J connectivity index is 2.11. The number of allylic oxidation sites excluding steroid dienone is 2. The summed E-state index contributed by atoms with van der Waals surface area (Å²) < 4.78 is 2.10. The maximum Gasteiger partial charge on any atom is 0.139 e. The van der Waals surface area contributed by atoms with E-state index >= 15 is 0 Å². The van der Waals surface area contributed by atoms with Crippen LogP contribution in [0.1, 0.15) is 11.9 Å². The summed E-state index contributed by atoms with van der Waals surface area (Å²) in [5.41, 5.74) is 1.12. The highest BCUT2D eigenvalue weighted by molar-refractivity contribution is 5.46. The van der Waals surface area contributed by atoms with E-state index in [0.29, 0.717) is 0 Å². The number of hydrogen-bond acceptors (Lipinski definition) is 2. The first-order chi connectivity index (χ1) is 7.45. The van der Waals surface area contributed by atoms with E-state index in [1.165, 1.54) is 0 Å². The molecule has 0 aliphatic carbocycles. The van der Waals surface area contributed by atoms with Gasteiger partial charge in [0.15, 0.2) is 0 Å². The van der Waals surface area contributed by atoms with Crippen LogP contribution in [-0.2, 0) is 0 Å².